The minimum atomic E-state index is -0.746. The van der Waals surface area contributed by atoms with Crippen LogP contribution in [0.3, 0.4) is 0 Å². The van der Waals surface area contributed by atoms with E-state index in [2.05, 4.69) is 11.5 Å². The first-order valence-electron chi connectivity index (χ1n) is 9.50. The zero-order valence-corrected chi connectivity index (χ0v) is 17.0. The number of ether oxygens (including phenoxy) is 1. The molecule has 0 radical (unpaired) electrons. The Morgan fingerprint density at radius 2 is 1.80 bits per heavy atom. The Morgan fingerprint density at radius 1 is 1.10 bits per heavy atom. The molecule has 8 nitrogen and oxygen atoms in total. The lowest BCUT2D eigenvalue weighted by Crippen LogP contribution is -2.31. The predicted molar refractivity (Wildman–Crippen MR) is 111 cm³/mol. The van der Waals surface area contributed by atoms with E-state index in [1.165, 1.54) is 6.20 Å². The summed E-state index contributed by atoms with van der Waals surface area (Å²) in [5.41, 5.74) is 2.06. The predicted octanol–water partition coefficient (Wildman–Crippen LogP) is 1.99. The third-order valence-corrected chi connectivity index (χ3v) is 5.01. The zero-order chi connectivity index (χ0) is 21.8. The number of benzene rings is 1. The summed E-state index contributed by atoms with van der Waals surface area (Å²) < 4.78 is 8.12. The largest absolute Gasteiger partial charge is 0.456 e. The van der Waals surface area contributed by atoms with Crippen LogP contribution in [0.1, 0.15) is 40.3 Å². The maximum absolute atomic E-state index is 12.7. The number of aromatic amines is 1. The van der Waals surface area contributed by atoms with E-state index in [0.717, 1.165) is 27.6 Å². The van der Waals surface area contributed by atoms with Crippen molar-refractivity contribution in [1.29, 1.82) is 0 Å². The van der Waals surface area contributed by atoms with Gasteiger partial charge in [0.15, 0.2) is 6.61 Å². The van der Waals surface area contributed by atoms with Crippen molar-refractivity contribution in [2.75, 3.05) is 6.61 Å². The van der Waals surface area contributed by atoms with E-state index >= 15 is 0 Å². The molecule has 8 heteroatoms. The smallest absolute Gasteiger partial charge is 0.328 e. The molecule has 0 spiro atoms. The standard InChI is InChI=1S/C22H23N3O5/c1-14-11-18(16(3)25(14)15(2)17-7-5-4-6-8-17)19(26)13-30-21(28)12-24-10-9-20(27)23-22(24)29/h4-11,15H,12-13H2,1-3H3,(H,23,27,29)/t15-/m1/s1. The number of hydrogen-bond donors (Lipinski definition) is 1. The highest BCUT2D eigenvalue weighted by atomic mass is 16.5. The van der Waals surface area contributed by atoms with E-state index in [4.69, 9.17) is 4.74 Å². The number of nitrogens with zero attached hydrogens (tertiary/aromatic N) is 2. The summed E-state index contributed by atoms with van der Waals surface area (Å²) in [5.74, 6) is -1.07. The van der Waals surface area contributed by atoms with Gasteiger partial charge in [0, 0.05) is 29.2 Å². The summed E-state index contributed by atoms with van der Waals surface area (Å²) >= 11 is 0. The van der Waals surface area contributed by atoms with Gasteiger partial charge in [0.25, 0.3) is 5.56 Å². The minimum Gasteiger partial charge on any atom is -0.456 e. The molecule has 1 atom stereocenters. The van der Waals surface area contributed by atoms with Crippen LogP contribution >= 0.6 is 0 Å². The van der Waals surface area contributed by atoms with Crippen LogP contribution in [-0.4, -0.2) is 32.5 Å². The maximum Gasteiger partial charge on any atom is 0.328 e. The third kappa shape index (κ3) is 4.48. The molecule has 3 rings (SSSR count). The molecule has 30 heavy (non-hydrogen) atoms. The molecule has 0 aliphatic rings. The van der Waals surface area contributed by atoms with Crippen molar-refractivity contribution in [2.24, 2.45) is 0 Å². The van der Waals surface area contributed by atoms with E-state index in [0.29, 0.717) is 5.56 Å². The molecule has 2 heterocycles. The molecular formula is C22H23N3O5. The Balaban J connectivity index is 1.69. The minimum absolute atomic E-state index is 0.0439. The van der Waals surface area contributed by atoms with Crippen LogP contribution in [0.2, 0.25) is 0 Å². The van der Waals surface area contributed by atoms with E-state index < -0.39 is 30.4 Å². The summed E-state index contributed by atoms with van der Waals surface area (Å²) in [6.07, 6.45) is 1.20. The van der Waals surface area contributed by atoms with Gasteiger partial charge in [-0.15, -0.1) is 0 Å². The molecule has 0 aliphatic heterocycles. The molecule has 0 saturated heterocycles. The normalized spacial score (nSPS) is 11.8. The Bertz CT molecular complexity index is 1190. The molecule has 0 fully saturated rings. The van der Waals surface area contributed by atoms with Gasteiger partial charge in [-0.2, -0.15) is 0 Å². The molecule has 1 N–H and O–H groups in total. The molecule has 0 saturated carbocycles. The fourth-order valence-corrected chi connectivity index (χ4v) is 3.51. The van der Waals surface area contributed by atoms with E-state index in [-0.39, 0.29) is 11.8 Å². The Hall–Kier alpha value is -3.68. The van der Waals surface area contributed by atoms with Crippen LogP contribution in [0, 0.1) is 13.8 Å². The van der Waals surface area contributed by atoms with Crippen LogP contribution in [-0.2, 0) is 16.1 Å². The SMILES string of the molecule is Cc1cc(C(=O)COC(=O)Cn2ccc(=O)[nH]c2=O)c(C)n1[C@H](C)c1ccccc1. The average molecular weight is 409 g/mol. The van der Waals surface area contributed by atoms with Gasteiger partial charge >= 0.3 is 11.7 Å². The molecular weight excluding hydrogens is 386 g/mol. The van der Waals surface area contributed by atoms with Gasteiger partial charge in [-0.3, -0.25) is 23.9 Å². The van der Waals surface area contributed by atoms with Gasteiger partial charge in [0.2, 0.25) is 5.78 Å². The van der Waals surface area contributed by atoms with Crippen LogP contribution in [0.4, 0.5) is 0 Å². The number of H-pyrrole nitrogens is 1. The zero-order valence-electron chi connectivity index (χ0n) is 17.0. The second kappa shape index (κ2) is 8.77. The first kappa shape index (κ1) is 21.0. The number of carbonyl (C=O) groups excluding carboxylic acids is 2. The number of rotatable bonds is 7. The van der Waals surface area contributed by atoms with Crippen molar-refractivity contribution >= 4 is 11.8 Å². The van der Waals surface area contributed by atoms with Gasteiger partial charge in [0.1, 0.15) is 6.54 Å². The van der Waals surface area contributed by atoms with Crippen molar-refractivity contribution in [2.45, 2.75) is 33.4 Å². The third-order valence-electron chi connectivity index (χ3n) is 5.01. The second-order valence-electron chi connectivity index (χ2n) is 7.06. The summed E-state index contributed by atoms with van der Waals surface area (Å²) in [6, 6.07) is 12.9. The van der Waals surface area contributed by atoms with Crippen molar-refractivity contribution < 1.29 is 14.3 Å². The number of ketones is 1. The van der Waals surface area contributed by atoms with Crippen LogP contribution in [0.25, 0.3) is 0 Å². The van der Waals surface area contributed by atoms with Crippen molar-refractivity contribution in [1.82, 2.24) is 14.1 Å². The van der Waals surface area contributed by atoms with Crippen molar-refractivity contribution in [3.05, 3.63) is 92.0 Å². The molecule has 0 bridgehead atoms. The monoisotopic (exact) mass is 409 g/mol. The lowest BCUT2D eigenvalue weighted by atomic mass is 10.1. The Kier molecular flexibility index (Phi) is 6.15. The molecule has 2 aromatic heterocycles. The summed E-state index contributed by atoms with van der Waals surface area (Å²) in [6.45, 7) is 5.03. The fraction of sp³-hybridized carbons (Fsp3) is 0.273. The quantitative estimate of drug-likeness (QED) is 0.475. The number of esters is 1. The van der Waals surface area contributed by atoms with Gasteiger partial charge < -0.3 is 9.30 Å². The topological polar surface area (TPSA) is 103 Å². The second-order valence-corrected chi connectivity index (χ2v) is 7.06. The van der Waals surface area contributed by atoms with Gasteiger partial charge in [-0.1, -0.05) is 30.3 Å². The Labute approximate surface area is 172 Å². The maximum atomic E-state index is 12.7. The number of Topliss-reactive ketones (excluding diaryl/α,β-unsaturated/α-hetero) is 1. The van der Waals surface area contributed by atoms with Crippen LogP contribution in [0.5, 0.6) is 0 Å². The summed E-state index contributed by atoms with van der Waals surface area (Å²) in [4.78, 5) is 49.4. The van der Waals surface area contributed by atoms with Gasteiger partial charge in [-0.25, -0.2) is 4.79 Å². The number of carbonyl (C=O) groups is 2. The van der Waals surface area contributed by atoms with E-state index in [9.17, 15) is 19.2 Å². The fourth-order valence-electron chi connectivity index (χ4n) is 3.51. The number of aromatic nitrogens is 3. The number of nitrogens with one attached hydrogen (secondary N) is 1. The van der Waals surface area contributed by atoms with Gasteiger partial charge in [-0.05, 0) is 32.4 Å². The molecule has 0 aliphatic carbocycles. The molecule has 156 valence electrons. The highest BCUT2D eigenvalue weighted by molar-refractivity contribution is 5.99. The lowest BCUT2D eigenvalue weighted by Gasteiger charge is -2.19. The van der Waals surface area contributed by atoms with Crippen LogP contribution < -0.4 is 11.2 Å². The van der Waals surface area contributed by atoms with Crippen LogP contribution in [0.15, 0.2) is 58.3 Å². The van der Waals surface area contributed by atoms with E-state index in [1.54, 1.807) is 6.07 Å². The lowest BCUT2D eigenvalue weighted by molar-refractivity contribution is -0.143. The highest BCUT2D eigenvalue weighted by Crippen LogP contribution is 2.25. The molecule has 0 unspecified atom stereocenters. The molecule has 1 aromatic carbocycles. The summed E-state index contributed by atoms with van der Waals surface area (Å²) in [5, 5.41) is 0. The first-order valence-corrected chi connectivity index (χ1v) is 9.50. The highest BCUT2D eigenvalue weighted by Gasteiger charge is 2.20. The van der Waals surface area contributed by atoms with E-state index in [1.807, 2.05) is 49.2 Å². The summed E-state index contributed by atoms with van der Waals surface area (Å²) in [7, 11) is 0. The molecule has 3 aromatic rings. The van der Waals surface area contributed by atoms with Crippen molar-refractivity contribution in [3.8, 4) is 0 Å². The number of aryl methyl sites for hydroxylation is 1. The van der Waals surface area contributed by atoms with Gasteiger partial charge in [0.05, 0.1) is 6.04 Å². The first-order chi connectivity index (χ1) is 14.3. The Morgan fingerprint density at radius 3 is 2.47 bits per heavy atom. The average Bonchev–Trinajstić information content (AvgIpc) is 3.02. The number of hydrogen-bond acceptors (Lipinski definition) is 5. The van der Waals surface area contributed by atoms with Crippen molar-refractivity contribution in [3.63, 3.8) is 0 Å². The molecule has 0 amide bonds.